The molecular weight excluding hydrogens is 398 g/mol. The monoisotopic (exact) mass is 431 g/mol. The minimum Gasteiger partial charge on any atom is -0.467 e. The van der Waals surface area contributed by atoms with Gasteiger partial charge in [-0.15, -0.1) is 0 Å². The number of H-pyrrole nitrogens is 1. The predicted octanol–water partition coefficient (Wildman–Crippen LogP) is 3.31. The highest BCUT2D eigenvalue weighted by atomic mass is 16.6. The lowest BCUT2D eigenvalue weighted by Crippen LogP contribution is -2.53. The quantitative estimate of drug-likeness (QED) is 0.556. The number of aromatic nitrogens is 1. The van der Waals surface area contributed by atoms with E-state index in [0.29, 0.717) is 6.42 Å². The highest BCUT2D eigenvalue weighted by Crippen LogP contribution is 2.19. The molecule has 0 radical (unpaired) electrons. The third-order valence-electron chi connectivity index (χ3n) is 4.62. The Kier molecular flexibility index (Phi) is 8.08. The molecule has 0 saturated heterocycles. The van der Waals surface area contributed by atoms with E-state index in [1.54, 1.807) is 20.8 Å². The number of amides is 2. The average Bonchev–Trinajstić information content (AvgIpc) is 3.07. The van der Waals surface area contributed by atoms with E-state index in [1.165, 1.54) is 7.11 Å². The Hall–Kier alpha value is -3.03. The predicted molar refractivity (Wildman–Crippen MR) is 119 cm³/mol. The molecule has 2 amide bonds. The second-order valence-corrected chi connectivity index (χ2v) is 8.98. The van der Waals surface area contributed by atoms with E-state index >= 15 is 0 Å². The van der Waals surface area contributed by atoms with Crippen LogP contribution in [0.2, 0.25) is 0 Å². The summed E-state index contributed by atoms with van der Waals surface area (Å²) in [4.78, 5) is 40.8. The van der Waals surface area contributed by atoms with Crippen LogP contribution >= 0.6 is 0 Å². The normalized spacial score (nSPS) is 13.5. The molecule has 0 unspecified atom stereocenters. The molecule has 1 heterocycles. The zero-order valence-electron chi connectivity index (χ0n) is 19.1. The van der Waals surface area contributed by atoms with E-state index in [2.05, 4.69) is 15.6 Å². The van der Waals surface area contributed by atoms with Crippen LogP contribution < -0.4 is 10.6 Å². The van der Waals surface area contributed by atoms with Gasteiger partial charge in [-0.2, -0.15) is 0 Å². The molecule has 31 heavy (non-hydrogen) atoms. The van der Waals surface area contributed by atoms with Crippen molar-refractivity contribution in [3.8, 4) is 0 Å². The molecule has 0 spiro atoms. The molecule has 8 nitrogen and oxygen atoms in total. The smallest absolute Gasteiger partial charge is 0.408 e. The third kappa shape index (κ3) is 7.31. The number of esters is 1. The van der Waals surface area contributed by atoms with Gasteiger partial charge in [-0.25, -0.2) is 9.59 Å². The Morgan fingerprint density at radius 2 is 1.74 bits per heavy atom. The summed E-state index contributed by atoms with van der Waals surface area (Å²) < 4.78 is 10.2. The number of rotatable bonds is 8. The van der Waals surface area contributed by atoms with Gasteiger partial charge in [0.25, 0.3) is 0 Å². The molecule has 2 aromatic rings. The Balaban J connectivity index is 2.17. The minimum absolute atomic E-state index is 0.135. The number of carbonyl (C=O) groups excluding carboxylic acids is 3. The molecular formula is C23H33N3O5. The Morgan fingerprint density at radius 3 is 2.35 bits per heavy atom. The van der Waals surface area contributed by atoms with Crippen LogP contribution in [0.5, 0.6) is 0 Å². The largest absolute Gasteiger partial charge is 0.467 e. The van der Waals surface area contributed by atoms with Crippen molar-refractivity contribution < 1.29 is 23.9 Å². The maximum atomic E-state index is 13.0. The summed E-state index contributed by atoms with van der Waals surface area (Å²) in [6.07, 6.45) is 1.78. The number of para-hydroxylation sites is 1. The number of benzene rings is 1. The molecule has 1 aromatic carbocycles. The van der Waals surface area contributed by atoms with E-state index in [-0.39, 0.29) is 12.3 Å². The molecule has 2 atom stereocenters. The number of carbonyl (C=O) groups is 3. The molecule has 0 fully saturated rings. The number of nitrogens with one attached hydrogen (secondary N) is 3. The first-order chi connectivity index (χ1) is 14.5. The van der Waals surface area contributed by atoms with Crippen LogP contribution in [0.3, 0.4) is 0 Å². The van der Waals surface area contributed by atoms with Crippen molar-refractivity contribution in [2.24, 2.45) is 5.92 Å². The maximum Gasteiger partial charge on any atom is 0.408 e. The van der Waals surface area contributed by atoms with Gasteiger partial charge in [-0.3, -0.25) is 4.79 Å². The van der Waals surface area contributed by atoms with Crippen molar-refractivity contribution >= 4 is 28.9 Å². The number of methoxy groups -OCH3 is 1. The molecule has 0 aliphatic heterocycles. The number of fused-ring (bicyclic) bond motifs is 1. The minimum atomic E-state index is -0.896. The lowest BCUT2D eigenvalue weighted by molar-refractivity contribution is -0.145. The van der Waals surface area contributed by atoms with Crippen molar-refractivity contribution in [2.45, 2.75) is 65.1 Å². The van der Waals surface area contributed by atoms with E-state index in [0.717, 1.165) is 16.5 Å². The summed E-state index contributed by atoms with van der Waals surface area (Å²) in [6, 6.07) is 5.98. The molecule has 2 rings (SSSR count). The third-order valence-corrected chi connectivity index (χ3v) is 4.62. The standard InChI is InChI=1S/C23H33N3O5/c1-14(2)11-18(26-22(29)31-23(3,4)5)20(27)25-19(21(28)30-6)12-15-13-24-17-10-8-7-9-16(15)17/h7-10,13-14,18-19,24H,11-12H2,1-6H3,(H,25,27)(H,26,29)/t18-,19-/m0/s1. The second kappa shape index (κ2) is 10.3. The van der Waals surface area contributed by atoms with Crippen molar-refractivity contribution in [1.82, 2.24) is 15.6 Å². The number of hydrogen-bond donors (Lipinski definition) is 3. The van der Waals surface area contributed by atoms with E-state index in [1.807, 2.05) is 44.3 Å². The Morgan fingerprint density at radius 1 is 1.06 bits per heavy atom. The summed E-state index contributed by atoms with van der Waals surface area (Å²) in [5.74, 6) is -0.884. The number of alkyl carbamates (subject to hydrolysis) is 1. The lowest BCUT2D eigenvalue weighted by Gasteiger charge is -2.25. The van der Waals surface area contributed by atoms with Gasteiger partial charge in [-0.1, -0.05) is 32.0 Å². The summed E-state index contributed by atoms with van der Waals surface area (Å²) in [5.41, 5.74) is 1.14. The molecule has 0 bridgehead atoms. The van der Waals surface area contributed by atoms with E-state index < -0.39 is 35.7 Å². The fourth-order valence-electron chi connectivity index (χ4n) is 3.28. The first-order valence-electron chi connectivity index (χ1n) is 10.4. The molecule has 0 saturated carbocycles. The zero-order valence-corrected chi connectivity index (χ0v) is 19.1. The summed E-state index contributed by atoms with van der Waals surface area (Å²) in [7, 11) is 1.28. The summed E-state index contributed by atoms with van der Waals surface area (Å²) in [5, 5.41) is 6.34. The Bertz CT molecular complexity index is 913. The maximum absolute atomic E-state index is 13.0. The van der Waals surface area contributed by atoms with E-state index in [4.69, 9.17) is 9.47 Å². The molecule has 3 N–H and O–H groups in total. The fourth-order valence-corrected chi connectivity index (χ4v) is 3.28. The van der Waals surface area contributed by atoms with Crippen LogP contribution in [0.4, 0.5) is 4.79 Å². The van der Waals surface area contributed by atoms with Crippen molar-refractivity contribution in [2.75, 3.05) is 7.11 Å². The van der Waals surface area contributed by atoms with Crippen molar-refractivity contribution in [1.29, 1.82) is 0 Å². The average molecular weight is 432 g/mol. The van der Waals surface area contributed by atoms with Crippen LogP contribution in [-0.4, -0.2) is 47.7 Å². The van der Waals surface area contributed by atoms with Gasteiger partial charge in [0.05, 0.1) is 7.11 Å². The van der Waals surface area contributed by atoms with E-state index in [9.17, 15) is 14.4 Å². The SMILES string of the molecule is COC(=O)[C@H](Cc1c[nH]c2ccccc12)NC(=O)[C@H](CC(C)C)NC(=O)OC(C)(C)C. The highest BCUT2D eigenvalue weighted by molar-refractivity contribution is 5.90. The van der Waals surface area contributed by atoms with Crippen molar-refractivity contribution in [3.63, 3.8) is 0 Å². The molecule has 170 valence electrons. The second-order valence-electron chi connectivity index (χ2n) is 8.98. The van der Waals surface area contributed by atoms with Gasteiger partial charge in [0, 0.05) is 23.5 Å². The van der Waals surface area contributed by atoms with Gasteiger partial charge >= 0.3 is 12.1 Å². The van der Waals surface area contributed by atoms with Crippen LogP contribution in [0.25, 0.3) is 10.9 Å². The summed E-state index contributed by atoms with van der Waals surface area (Å²) in [6.45, 7) is 9.14. The molecule has 1 aromatic heterocycles. The fraction of sp³-hybridized carbons (Fsp3) is 0.522. The van der Waals surface area contributed by atoms with Crippen molar-refractivity contribution in [3.05, 3.63) is 36.0 Å². The first kappa shape index (κ1) is 24.2. The highest BCUT2D eigenvalue weighted by Gasteiger charge is 2.30. The molecule has 0 aliphatic carbocycles. The van der Waals surface area contributed by atoms with Gasteiger partial charge < -0.3 is 25.1 Å². The number of hydrogen-bond acceptors (Lipinski definition) is 5. The Labute approximate surface area is 183 Å². The first-order valence-corrected chi connectivity index (χ1v) is 10.4. The van der Waals surface area contributed by atoms with Gasteiger partial charge in [0.2, 0.25) is 5.91 Å². The topological polar surface area (TPSA) is 110 Å². The molecule has 8 heteroatoms. The lowest BCUT2D eigenvalue weighted by atomic mass is 10.0. The van der Waals surface area contributed by atoms with Gasteiger partial charge in [-0.05, 0) is 44.7 Å². The number of ether oxygens (including phenoxy) is 2. The van der Waals surface area contributed by atoms with Gasteiger partial charge in [0.1, 0.15) is 17.7 Å². The molecule has 0 aliphatic rings. The van der Waals surface area contributed by atoms with Crippen LogP contribution in [0, 0.1) is 5.92 Å². The van der Waals surface area contributed by atoms with Gasteiger partial charge in [0.15, 0.2) is 0 Å². The van der Waals surface area contributed by atoms with Crippen LogP contribution in [-0.2, 0) is 25.5 Å². The summed E-state index contributed by atoms with van der Waals surface area (Å²) >= 11 is 0. The number of aromatic amines is 1. The zero-order chi connectivity index (χ0) is 23.2. The van der Waals surface area contributed by atoms with Crippen LogP contribution in [0.1, 0.15) is 46.6 Å². The van der Waals surface area contributed by atoms with Crippen LogP contribution in [0.15, 0.2) is 30.5 Å².